The number of aromatic nitrogens is 4. The summed E-state index contributed by atoms with van der Waals surface area (Å²) in [6, 6.07) is 73.0. The molecule has 14 rings (SSSR count). The van der Waals surface area contributed by atoms with Crippen LogP contribution in [0.4, 0.5) is 0 Å². The Balaban J connectivity index is 1.05. The summed E-state index contributed by atoms with van der Waals surface area (Å²) in [5, 5.41) is 5.76. The number of nitrogens with zero attached hydrogens (tertiary/aromatic N) is 4. The standard InChI is InChI=1S/C59H34N4OS/c1-3-16-35(17-4-1)54-42-32-33-47-53(40-21-7-9-24-44(40)59(47)45-25-10-12-27-49(45)64-50-28-13-11-26-46(50)59)52(42)41-31-30-37(34-48(41)60-54)57-61-56(36-18-5-2-6-19-36)62-58(63-57)43-23-15-22-39-38-20-8-14-29-51(38)65-55(39)43/h1-34H. The Kier molecular flexibility index (Phi) is 7.71. The molecule has 0 saturated carbocycles. The largest absolute Gasteiger partial charge is 0.457 e. The van der Waals surface area contributed by atoms with Gasteiger partial charge in [0, 0.05) is 69.7 Å². The van der Waals surface area contributed by atoms with Gasteiger partial charge in [-0.1, -0.05) is 176 Å². The zero-order valence-corrected chi connectivity index (χ0v) is 35.6. The molecule has 0 N–H and O–H groups in total. The van der Waals surface area contributed by atoms with Crippen molar-refractivity contribution in [2.45, 2.75) is 5.41 Å². The van der Waals surface area contributed by atoms with Crippen LogP contribution in [0.2, 0.25) is 0 Å². The fourth-order valence-electron chi connectivity index (χ4n) is 10.7. The Bertz CT molecular complexity index is 3890. The lowest BCUT2D eigenvalue weighted by Gasteiger charge is -2.39. The maximum Gasteiger partial charge on any atom is 0.165 e. The van der Waals surface area contributed by atoms with Crippen LogP contribution in [0.25, 0.3) is 98.4 Å². The highest BCUT2D eigenvalue weighted by Gasteiger charge is 2.51. The molecule has 12 aromatic rings. The van der Waals surface area contributed by atoms with Crippen LogP contribution in [0.15, 0.2) is 206 Å². The lowest BCUT2D eigenvalue weighted by Crippen LogP contribution is -2.32. The lowest BCUT2D eigenvalue weighted by molar-refractivity contribution is 0.436. The molecule has 0 atom stereocenters. The monoisotopic (exact) mass is 846 g/mol. The molecular formula is C59H34N4OS. The summed E-state index contributed by atoms with van der Waals surface area (Å²) in [6.07, 6.45) is 0. The van der Waals surface area contributed by atoms with E-state index in [-0.39, 0.29) is 0 Å². The Morgan fingerprint density at radius 1 is 0.385 bits per heavy atom. The van der Waals surface area contributed by atoms with Crippen molar-refractivity contribution in [3.8, 4) is 68.0 Å². The Labute approximate surface area is 378 Å². The lowest BCUT2D eigenvalue weighted by atomic mass is 9.66. The number of thiophene rings is 1. The zero-order chi connectivity index (χ0) is 42.6. The van der Waals surface area contributed by atoms with E-state index in [1.165, 1.54) is 43.1 Å². The molecule has 1 aliphatic carbocycles. The van der Waals surface area contributed by atoms with Crippen molar-refractivity contribution in [3.63, 3.8) is 0 Å². The first-order valence-electron chi connectivity index (χ1n) is 21.9. The maximum atomic E-state index is 6.67. The van der Waals surface area contributed by atoms with Crippen molar-refractivity contribution < 1.29 is 4.74 Å². The minimum Gasteiger partial charge on any atom is -0.457 e. The molecule has 5 nitrogen and oxygen atoms in total. The summed E-state index contributed by atoms with van der Waals surface area (Å²) in [4.78, 5) is 21.2. The van der Waals surface area contributed by atoms with Gasteiger partial charge in [0.2, 0.25) is 0 Å². The van der Waals surface area contributed by atoms with E-state index >= 15 is 0 Å². The first-order chi connectivity index (χ1) is 32.2. The van der Waals surface area contributed by atoms with E-state index < -0.39 is 5.41 Å². The van der Waals surface area contributed by atoms with Crippen LogP contribution in [0.1, 0.15) is 22.3 Å². The van der Waals surface area contributed by atoms with Crippen LogP contribution in [-0.2, 0) is 5.41 Å². The van der Waals surface area contributed by atoms with Crippen molar-refractivity contribution in [1.29, 1.82) is 0 Å². The molecule has 9 aromatic carbocycles. The number of hydrogen-bond donors (Lipinski definition) is 0. The predicted octanol–water partition coefficient (Wildman–Crippen LogP) is 15.1. The van der Waals surface area contributed by atoms with Gasteiger partial charge in [0.05, 0.1) is 16.6 Å². The molecule has 1 spiro atoms. The SMILES string of the molecule is c1ccc(-c2nc(-c3ccc4c(c3)nc(-c3ccccc3)c3ccc5c(c34)-c3ccccc3C53c4ccccc4Oc4ccccc43)nc(-c3cccc4c3sc3ccccc34)n2)cc1. The Morgan fingerprint density at radius 3 is 1.77 bits per heavy atom. The molecule has 0 radical (unpaired) electrons. The molecule has 302 valence electrons. The predicted molar refractivity (Wildman–Crippen MR) is 265 cm³/mol. The molecule has 4 heterocycles. The molecule has 3 aromatic heterocycles. The normalized spacial score (nSPS) is 13.2. The molecule has 0 saturated heterocycles. The molecular weight excluding hydrogens is 813 g/mol. The summed E-state index contributed by atoms with van der Waals surface area (Å²) >= 11 is 1.78. The van der Waals surface area contributed by atoms with Gasteiger partial charge in [0.15, 0.2) is 17.5 Å². The number of fused-ring (bicyclic) bond motifs is 16. The number of benzene rings is 9. The highest BCUT2D eigenvalue weighted by atomic mass is 32.1. The molecule has 6 heteroatoms. The molecule has 1 aliphatic heterocycles. The van der Waals surface area contributed by atoms with Crippen molar-refractivity contribution >= 4 is 53.2 Å². The molecule has 65 heavy (non-hydrogen) atoms. The van der Waals surface area contributed by atoms with Crippen molar-refractivity contribution in [3.05, 3.63) is 229 Å². The van der Waals surface area contributed by atoms with Crippen LogP contribution in [0.5, 0.6) is 11.5 Å². The third-order valence-electron chi connectivity index (χ3n) is 13.4. The summed E-state index contributed by atoms with van der Waals surface area (Å²) in [6.45, 7) is 0. The zero-order valence-electron chi connectivity index (χ0n) is 34.7. The minimum atomic E-state index is -0.597. The summed E-state index contributed by atoms with van der Waals surface area (Å²) in [7, 11) is 0. The first-order valence-corrected chi connectivity index (χ1v) is 22.7. The van der Waals surface area contributed by atoms with Gasteiger partial charge < -0.3 is 4.74 Å². The van der Waals surface area contributed by atoms with Gasteiger partial charge >= 0.3 is 0 Å². The minimum absolute atomic E-state index is 0.593. The van der Waals surface area contributed by atoms with Crippen molar-refractivity contribution in [1.82, 2.24) is 19.9 Å². The van der Waals surface area contributed by atoms with Gasteiger partial charge in [-0.25, -0.2) is 19.9 Å². The van der Waals surface area contributed by atoms with E-state index in [1.54, 1.807) is 11.3 Å². The van der Waals surface area contributed by atoms with Crippen LogP contribution in [-0.4, -0.2) is 19.9 Å². The third kappa shape index (κ3) is 5.20. The van der Waals surface area contributed by atoms with Gasteiger partial charge in [-0.2, -0.15) is 0 Å². The molecule has 0 fully saturated rings. The third-order valence-corrected chi connectivity index (χ3v) is 14.6. The van der Waals surface area contributed by atoms with E-state index in [0.29, 0.717) is 17.5 Å². The second kappa shape index (κ2) is 13.8. The highest BCUT2D eigenvalue weighted by molar-refractivity contribution is 7.26. The highest BCUT2D eigenvalue weighted by Crippen LogP contribution is 2.63. The number of ether oxygens (including phenoxy) is 1. The summed E-state index contributed by atoms with van der Waals surface area (Å²) in [5.74, 6) is 3.60. The first kappa shape index (κ1) is 36.2. The second-order valence-electron chi connectivity index (χ2n) is 16.8. The van der Waals surface area contributed by atoms with E-state index in [1.807, 2.05) is 18.2 Å². The smallest absolute Gasteiger partial charge is 0.165 e. The number of para-hydroxylation sites is 2. The quantitative estimate of drug-likeness (QED) is 0.165. The van der Waals surface area contributed by atoms with Gasteiger partial charge in [0.1, 0.15) is 11.5 Å². The van der Waals surface area contributed by atoms with Gasteiger partial charge in [-0.05, 0) is 52.6 Å². The number of hydrogen-bond acceptors (Lipinski definition) is 6. The average Bonchev–Trinajstić information content (AvgIpc) is 3.90. The van der Waals surface area contributed by atoms with E-state index in [0.717, 1.165) is 71.6 Å². The van der Waals surface area contributed by atoms with E-state index in [9.17, 15) is 0 Å². The topological polar surface area (TPSA) is 60.8 Å². The van der Waals surface area contributed by atoms with E-state index in [2.05, 4.69) is 188 Å². The molecule has 0 amide bonds. The van der Waals surface area contributed by atoms with Crippen LogP contribution < -0.4 is 4.74 Å². The number of rotatable bonds is 4. The molecule has 2 aliphatic rings. The Morgan fingerprint density at radius 2 is 0.985 bits per heavy atom. The number of pyridine rings is 1. The fraction of sp³-hybridized carbons (Fsp3) is 0.0169. The van der Waals surface area contributed by atoms with Gasteiger partial charge in [-0.15, -0.1) is 11.3 Å². The van der Waals surface area contributed by atoms with Crippen molar-refractivity contribution in [2.75, 3.05) is 0 Å². The fourth-order valence-corrected chi connectivity index (χ4v) is 11.9. The van der Waals surface area contributed by atoms with Crippen LogP contribution in [0.3, 0.4) is 0 Å². The summed E-state index contributed by atoms with van der Waals surface area (Å²) < 4.78 is 9.06. The van der Waals surface area contributed by atoms with Gasteiger partial charge in [-0.3, -0.25) is 0 Å². The van der Waals surface area contributed by atoms with Crippen LogP contribution in [0, 0.1) is 0 Å². The Hall–Kier alpha value is -8.32. The van der Waals surface area contributed by atoms with Crippen LogP contribution >= 0.6 is 11.3 Å². The van der Waals surface area contributed by atoms with Gasteiger partial charge in [0.25, 0.3) is 0 Å². The average molecular weight is 847 g/mol. The second-order valence-corrected chi connectivity index (χ2v) is 17.9. The molecule has 0 bridgehead atoms. The van der Waals surface area contributed by atoms with Crippen molar-refractivity contribution in [2.24, 2.45) is 0 Å². The molecule has 0 unspecified atom stereocenters. The van der Waals surface area contributed by atoms with E-state index in [4.69, 9.17) is 24.7 Å². The maximum absolute atomic E-state index is 6.67. The summed E-state index contributed by atoms with van der Waals surface area (Å²) in [5.41, 5.74) is 12.2.